The number of anilines is 1. The van der Waals surface area contributed by atoms with E-state index in [2.05, 4.69) is 31.9 Å². The van der Waals surface area contributed by atoms with E-state index in [4.69, 9.17) is 0 Å². The monoisotopic (exact) mass is 527 g/mol. The van der Waals surface area contributed by atoms with E-state index >= 15 is 0 Å². The Hall–Kier alpha value is -2.28. The van der Waals surface area contributed by atoms with Crippen LogP contribution < -0.4 is 4.90 Å². The lowest BCUT2D eigenvalue weighted by molar-refractivity contribution is -0.136. The van der Waals surface area contributed by atoms with Gasteiger partial charge in [-0.3, -0.25) is 9.59 Å². The number of nitrogens with zero attached hydrogens (tertiary/aromatic N) is 1. The first-order valence-electron chi connectivity index (χ1n) is 9.47. The van der Waals surface area contributed by atoms with Crippen LogP contribution in [0.2, 0.25) is 0 Å². The number of benzene rings is 3. The van der Waals surface area contributed by atoms with Gasteiger partial charge in [-0.2, -0.15) is 0 Å². The van der Waals surface area contributed by atoms with Crippen molar-refractivity contribution in [1.82, 2.24) is 0 Å². The van der Waals surface area contributed by atoms with Crippen molar-refractivity contribution in [2.75, 3.05) is 4.90 Å². The number of aliphatic hydroxyl groups is 1. The molecular weight excluding hydrogens is 510 g/mol. The summed E-state index contributed by atoms with van der Waals surface area (Å²) in [7, 11) is 0. The highest BCUT2D eigenvalue weighted by Gasteiger charge is 2.51. The van der Waals surface area contributed by atoms with Gasteiger partial charge >= 0.3 is 0 Å². The van der Waals surface area contributed by atoms with Gasteiger partial charge in [0.2, 0.25) is 0 Å². The summed E-state index contributed by atoms with van der Waals surface area (Å²) in [4.78, 5) is 27.9. The third-order valence-electron chi connectivity index (χ3n) is 5.37. The van der Waals surface area contributed by atoms with Crippen LogP contribution in [0.25, 0.3) is 0 Å². The number of carbonyl (C=O) groups excluding carboxylic acids is 2. The molecule has 0 bridgehead atoms. The second-order valence-electron chi connectivity index (χ2n) is 7.47. The zero-order valence-corrected chi connectivity index (χ0v) is 19.4. The van der Waals surface area contributed by atoms with E-state index in [0.29, 0.717) is 16.8 Å². The van der Waals surface area contributed by atoms with E-state index in [9.17, 15) is 14.7 Å². The second-order valence-corrected chi connectivity index (χ2v) is 9.24. The van der Waals surface area contributed by atoms with Gasteiger partial charge in [-0.1, -0.05) is 79.9 Å². The van der Waals surface area contributed by atoms with Crippen LogP contribution in [0.1, 0.15) is 33.5 Å². The van der Waals surface area contributed by atoms with Crippen molar-refractivity contribution in [2.24, 2.45) is 0 Å². The van der Waals surface area contributed by atoms with E-state index < -0.39 is 11.5 Å². The number of ketones is 1. The molecule has 1 aliphatic heterocycles. The Morgan fingerprint density at radius 3 is 2.43 bits per heavy atom. The molecule has 0 aliphatic carbocycles. The predicted molar refractivity (Wildman–Crippen MR) is 123 cm³/mol. The minimum absolute atomic E-state index is 0.278. The Bertz CT molecular complexity index is 1140. The normalized spacial score (nSPS) is 17.9. The van der Waals surface area contributed by atoms with Crippen molar-refractivity contribution in [3.63, 3.8) is 0 Å². The highest BCUT2D eigenvalue weighted by atomic mass is 79.9. The number of hydrogen-bond acceptors (Lipinski definition) is 3. The number of rotatable bonds is 5. The molecule has 0 saturated carbocycles. The summed E-state index contributed by atoms with van der Waals surface area (Å²) < 4.78 is 1.61. The van der Waals surface area contributed by atoms with Gasteiger partial charge in [0.05, 0.1) is 18.7 Å². The van der Waals surface area contributed by atoms with Gasteiger partial charge in [0, 0.05) is 20.1 Å². The maximum absolute atomic E-state index is 13.4. The van der Waals surface area contributed by atoms with Crippen molar-refractivity contribution in [3.05, 3.63) is 97.9 Å². The molecule has 1 amide bonds. The van der Waals surface area contributed by atoms with E-state index in [-0.39, 0.29) is 18.7 Å². The molecule has 0 unspecified atom stereocenters. The van der Waals surface area contributed by atoms with E-state index in [1.807, 2.05) is 49.4 Å². The number of Topliss-reactive ketones (excluding diaryl/α,β-unsaturated/α-hetero) is 1. The molecule has 0 spiro atoms. The molecule has 1 N–H and O–H groups in total. The average Bonchev–Trinajstić information content (AvgIpc) is 2.91. The molecule has 4 rings (SSSR count). The number of fused-ring (bicyclic) bond motifs is 1. The topological polar surface area (TPSA) is 57.6 Å². The number of carbonyl (C=O) groups is 2. The number of hydrogen-bond donors (Lipinski definition) is 1. The zero-order valence-electron chi connectivity index (χ0n) is 16.2. The van der Waals surface area contributed by atoms with Crippen LogP contribution in [0.5, 0.6) is 0 Å². The average molecular weight is 529 g/mol. The molecule has 1 heterocycles. The fourth-order valence-corrected chi connectivity index (χ4v) is 4.49. The fourth-order valence-electron chi connectivity index (χ4n) is 3.72. The second kappa shape index (κ2) is 8.10. The lowest BCUT2D eigenvalue weighted by Gasteiger charge is -2.23. The first kappa shape index (κ1) is 21.0. The van der Waals surface area contributed by atoms with Crippen molar-refractivity contribution in [1.29, 1.82) is 0 Å². The Morgan fingerprint density at radius 1 is 1.03 bits per heavy atom. The van der Waals surface area contributed by atoms with E-state index in [1.165, 1.54) is 0 Å². The Balaban J connectivity index is 1.72. The molecule has 152 valence electrons. The third kappa shape index (κ3) is 3.75. The van der Waals surface area contributed by atoms with Gasteiger partial charge in [0.1, 0.15) is 0 Å². The molecule has 30 heavy (non-hydrogen) atoms. The van der Waals surface area contributed by atoms with Crippen molar-refractivity contribution in [2.45, 2.75) is 25.5 Å². The predicted octanol–water partition coefficient (Wildman–Crippen LogP) is 5.53. The van der Waals surface area contributed by atoms with Crippen LogP contribution in [0.15, 0.2) is 75.7 Å². The smallest absolute Gasteiger partial charge is 0.264 e. The van der Waals surface area contributed by atoms with Gasteiger partial charge in [-0.05, 0) is 36.8 Å². The highest BCUT2D eigenvalue weighted by molar-refractivity contribution is 9.10. The third-order valence-corrected chi connectivity index (χ3v) is 6.64. The molecule has 1 atom stereocenters. The first-order valence-corrected chi connectivity index (χ1v) is 11.1. The van der Waals surface area contributed by atoms with Crippen LogP contribution in [0.4, 0.5) is 5.69 Å². The summed E-state index contributed by atoms with van der Waals surface area (Å²) in [5.41, 5.74) is 1.56. The largest absolute Gasteiger partial charge is 0.375 e. The minimum Gasteiger partial charge on any atom is -0.375 e. The van der Waals surface area contributed by atoms with Crippen molar-refractivity contribution < 1.29 is 14.7 Å². The molecule has 1 aliphatic rings. The summed E-state index contributed by atoms with van der Waals surface area (Å²) in [5, 5.41) is 11.5. The van der Waals surface area contributed by atoms with Crippen LogP contribution in [-0.2, 0) is 16.9 Å². The quantitative estimate of drug-likeness (QED) is 0.443. The molecule has 4 nitrogen and oxygen atoms in total. The molecular formula is C24H19Br2NO3. The van der Waals surface area contributed by atoms with Gasteiger partial charge < -0.3 is 10.0 Å². The molecule has 3 aromatic carbocycles. The van der Waals surface area contributed by atoms with Crippen LogP contribution >= 0.6 is 31.9 Å². The van der Waals surface area contributed by atoms with Crippen LogP contribution in [0, 0.1) is 6.92 Å². The SMILES string of the molecule is Cc1ccc(C(=O)C[C@@]2(O)C(=O)N(Cc3ccccc3Br)c3ccc(Br)cc32)cc1. The first-order chi connectivity index (χ1) is 14.3. The summed E-state index contributed by atoms with van der Waals surface area (Å²) in [6.07, 6.45) is -0.315. The van der Waals surface area contributed by atoms with Gasteiger partial charge in [-0.15, -0.1) is 0 Å². The number of aryl methyl sites for hydroxylation is 1. The number of amides is 1. The molecule has 0 radical (unpaired) electrons. The molecule has 0 saturated heterocycles. The molecule has 3 aromatic rings. The maximum Gasteiger partial charge on any atom is 0.264 e. The summed E-state index contributed by atoms with van der Waals surface area (Å²) in [6.45, 7) is 2.23. The molecule has 0 aromatic heterocycles. The van der Waals surface area contributed by atoms with Gasteiger partial charge in [-0.25, -0.2) is 0 Å². The summed E-state index contributed by atoms with van der Waals surface area (Å²) >= 11 is 6.94. The van der Waals surface area contributed by atoms with Crippen molar-refractivity contribution >= 4 is 49.2 Å². The van der Waals surface area contributed by atoms with E-state index in [0.717, 1.165) is 20.1 Å². The lowest BCUT2D eigenvalue weighted by atomic mass is 9.88. The Labute approximate surface area is 191 Å². The van der Waals surface area contributed by atoms with Gasteiger partial charge in [0.25, 0.3) is 5.91 Å². The summed E-state index contributed by atoms with van der Waals surface area (Å²) in [6, 6.07) is 20.1. The highest BCUT2D eigenvalue weighted by Crippen LogP contribution is 2.45. The molecule has 6 heteroatoms. The fraction of sp³-hybridized carbons (Fsp3) is 0.167. The lowest BCUT2D eigenvalue weighted by Crippen LogP contribution is -2.41. The van der Waals surface area contributed by atoms with Crippen molar-refractivity contribution in [3.8, 4) is 0 Å². The van der Waals surface area contributed by atoms with Gasteiger partial charge in [0.15, 0.2) is 11.4 Å². The standard InChI is InChI=1S/C24H19Br2NO3/c1-15-6-8-16(9-7-15)22(28)13-24(30)19-12-18(25)10-11-21(19)27(23(24)29)14-17-4-2-3-5-20(17)26/h2-12,30H,13-14H2,1H3/t24-/m0/s1. The van der Waals surface area contributed by atoms with Crippen LogP contribution in [-0.4, -0.2) is 16.8 Å². The van der Waals surface area contributed by atoms with E-state index in [1.54, 1.807) is 29.2 Å². The Morgan fingerprint density at radius 2 is 1.73 bits per heavy atom. The van der Waals surface area contributed by atoms with Crippen LogP contribution in [0.3, 0.4) is 0 Å². The summed E-state index contributed by atoms with van der Waals surface area (Å²) in [5.74, 6) is -0.772. The minimum atomic E-state index is -1.91. The maximum atomic E-state index is 13.4. The zero-order chi connectivity index (χ0) is 21.5. The Kier molecular flexibility index (Phi) is 5.66. The number of halogens is 2. The molecule has 0 fully saturated rings.